The number of nitrogens with one attached hydrogen (secondary N) is 2. The van der Waals surface area contributed by atoms with Crippen molar-refractivity contribution >= 4 is 46.9 Å². The lowest BCUT2D eigenvalue weighted by Gasteiger charge is -2.17. The van der Waals surface area contributed by atoms with E-state index in [4.69, 9.17) is 16.3 Å². The van der Waals surface area contributed by atoms with Gasteiger partial charge in [-0.3, -0.25) is 34.9 Å². The Balaban J connectivity index is 1.14. The summed E-state index contributed by atoms with van der Waals surface area (Å²) in [6, 6.07) is 12.2. The van der Waals surface area contributed by atoms with E-state index in [1.54, 1.807) is 12.1 Å². The first kappa shape index (κ1) is 22.8. The van der Waals surface area contributed by atoms with Crippen LogP contribution in [0.15, 0.2) is 60.7 Å². The zero-order chi connectivity index (χ0) is 24.7. The summed E-state index contributed by atoms with van der Waals surface area (Å²) in [5.74, 6) is -2.95. The van der Waals surface area contributed by atoms with E-state index < -0.39 is 24.4 Å². The smallest absolute Gasteiger partial charge is 0.338 e. The third-order valence-electron chi connectivity index (χ3n) is 6.60. The molecule has 178 valence electrons. The average Bonchev–Trinajstić information content (AvgIpc) is 3.55. The molecule has 5 rings (SSSR count). The molecule has 2 aliphatic carbocycles. The lowest BCUT2D eigenvalue weighted by atomic mass is 9.85. The number of ether oxygens (including phenoxy) is 1. The third-order valence-corrected chi connectivity index (χ3v) is 6.93. The van der Waals surface area contributed by atoms with Gasteiger partial charge in [-0.25, -0.2) is 4.79 Å². The van der Waals surface area contributed by atoms with Gasteiger partial charge in [0.1, 0.15) is 0 Å². The zero-order valence-electron chi connectivity index (χ0n) is 18.3. The van der Waals surface area contributed by atoms with Gasteiger partial charge in [-0.2, -0.15) is 0 Å². The van der Waals surface area contributed by atoms with Crippen LogP contribution in [-0.2, 0) is 19.1 Å². The lowest BCUT2D eigenvalue weighted by Crippen LogP contribution is -2.43. The molecule has 2 N–H and O–H groups in total. The predicted octanol–water partition coefficient (Wildman–Crippen LogP) is 2.27. The number of esters is 1. The van der Waals surface area contributed by atoms with E-state index >= 15 is 0 Å². The number of rotatable bonds is 5. The number of imide groups is 1. The fourth-order valence-corrected chi connectivity index (χ4v) is 5.21. The number of nitrogens with zero attached hydrogens (tertiary/aromatic N) is 1. The van der Waals surface area contributed by atoms with Gasteiger partial charge < -0.3 is 4.74 Å². The van der Waals surface area contributed by atoms with Crippen LogP contribution in [-0.4, -0.2) is 36.2 Å². The molecule has 1 aliphatic heterocycles. The molecule has 10 heteroatoms. The molecular weight excluding hydrogens is 474 g/mol. The highest BCUT2D eigenvalue weighted by Gasteiger charge is 2.59. The number of amides is 4. The summed E-state index contributed by atoms with van der Waals surface area (Å²) in [5.41, 5.74) is 5.04. The zero-order valence-corrected chi connectivity index (χ0v) is 19.0. The maximum absolute atomic E-state index is 12.9. The Kier molecular flexibility index (Phi) is 5.86. The second-order valence-corrected chi connectivity index (χ2v) is 9.02. The first-order chi connectivity index (χ1) is 16.8. The average molecular weight is 494 g/mol. The molecule has 0 aromatic heterocycles. The van der Waals surface area contributed by atoms with Crippen LogP contribution in [0.25, 0.3) is 0 Å². The van der Waals surface area contributed by atoms with E-state index in [0.717, 1.165) is 6.42 Å². The van der Waals surface area contributed by atoms with E-state index in [0.29, 0.717) is 5.69 Å². The molecule has 3 aliphatic rings. The SMILES string of the molecule is O=C(COC(=O)c1ccc(N2C(=O)[C@@H]3[C@@H](C2=O)[C@H]2C=C[C@H]3C2)cc1)NNC(=O)c1ccccc1Cl. The van der Waals surface area contributed by atoms with Crippen molar-refractivity contribution in [2.24, 2.45) is 23.7 Å². The molecule has 2 bridgehead atoms. The van der Waals surface area contributed by atoms with Gasteiger partial charge >= 0.3 is 5.97 Å². The van der Waals surface area contributed by atoms with Crippen LogP contribution in [0.3, 0.4) is 0 Å². The summed E-state index contributed by atoms with van der Waals surface area (Å²) in [7, 11) is 0. The molecule has 2 aromatic rings. The first-order valence-electron chi connectivity index (χ1n) is 11.0. The first-order valence-corrected chi connectivity index (χ1v) is 11.4. The van der Waals surface area contributed by atoms with Crippen LogP contribution in [0.2, 0.25) is 5.02 Å². The topological polar surface area (TPSA) is 122 Å². The Morgan fingerprint density at radius 2 is 1.54 bits per heavy atom. The lowest BCUT2D eigenvalue weighted by molar-refractivity contribution is -0.125. The van der Waals surface area contributed by atoms with Crippen molar-refractivity contribution in [3.8, 4) is 0 Å². The predicted molar refractivity (Wildman–Crippen MR) is 124 cm³/mol. The molecule has 1 heterocycles. The largest absolute Gasteiger partial charge is 0.452 e. The quantitative estimate of drug-likeness (QED) is 0.285. The summed E-state index contributed by atoms with van der Waals surface area (Å²) < 4.78 is 4.97. The number of fused-ring (bicyclic) bond motifs is 5. The number of hydrogen-bond donors (Lipinski definition) is 2. The Labute approximate surface area is 205 Å². The van der Waals surface area contributed by atoms with Gasteiger partial charge in [0.05, 0.1) is 33.7 Å². The minimum atomic E-state index is -0.776. The number of benzene rings is 2. The summed E-state index contributed by atoms with van der Waals surface area (Å²) >= 11 is 5.93. The molecule has 2 aromatic carbocycles. The Morgan fingerprint density at radius 1 is 0.914 bits per heavy atom. The van der Waals surface area contributed by atoms with E-state index in [1.807, 2.05) is 12.2 Å². The maximum Gasteiger partial charge on any atom is 0.338 e. The normalized spacial score (nSPS) is 23.9. The monoisotopic (exact) mass is 493 g/mol. The van der Waals surface area contributed by atoms with Gasteiger partial charge in [-0.1, -0.05) is 35.9 Å². The highest BCUT2D eigenvalue weighted by atomic mass is 35.5. The van der Waals surface area contributed by atoms with Gasteiger partial charge in [-0.15, -0.1) is 0 Å². The van der Waals surface area contributed by atoms with Crippen LogP contribution in [0.4, 0.5) is 5.69 Å². The number of hydrazine groups is 1. The van der Waals surface area contributed by atoms with E-state index in [9.17, 15) is 24.0 Å². The van der Waals surface area contributed by atoms with Gasteiger partial charge in [-0.05, 0) is 54.7 Å². The molecule has 0 radical (unpaired) electrons. The van der Waals surface area contributed by atoms with Crippen molar-refractivity contribution in [3.63, 3.8) is 0 Å². The van der Waals surface area contributed by atoms with E-state index in [2.05, 4.69) is 10.9 Å². The molecule has 4 amide bonds. The summed E-state index contributed by atoms with van der Waals surface area (Å²) in [6.45, 7) is -0.633. The summed E-state index contributed by atoms with van der Waals surface area (Å²) in [4.78, 5) is 63.3. The van der Waals surface area contributed by atoms with Crippen molar-refractivity contribution in [3.05, 3.63) is 76.8 Å². The maximum atomic E-state index is 12.9. The number of anilines is 1. The molecule has 0 unspecified atom stereocenters. The summed E-state index contributed by atoms with van der Waals surface area (Å²) in [6.07, 6.45) is 4.90. The number of halogens is 1. The van der Waals surface area contributed by atoms with Gasteiger partial charge in [0.15, 0.2) is 6.61 Å². The van der Waals surface area contributed by atoms with Crippen molar-refractivity contribution in [1.82, 2.24) is 10.9 Å². The molecule has 1 saturated carbocycles. The third kappa shape index (κ3) is 4.08. The Bertz CT molecular complexity index is 1240. The van der Waals surface area contributed by atoms with Crippen LogP contribution in [0.5, 0.6) is 0 Å². The minimum absolute atomic E-state index is 0.112. The molecule has 0 spiro atoms. The standard InChI is InChI=1S/C25H20ClN3O6/c26-18-4-2-1-3-17(18)22(31)28-27-19(30)12-35-25(34)13-7-9-16(10-8-13)29-23(32)20-14-5-6-15(11-14)21(20)24(29)33/h1-10,14-15,20-21H,11-12H2,(H,27,30)(H,28,31)/t14-,15-,20-,21-/m0/s1. The summed E-state index contributed by atoms with van der Waals surface area (Å²) in [5, 5.41) is 0.221. The van der Waals surface area contributed by atoms with Gasteiger partial charge in [0.2, 0.25) is 11.8 Å². The second-order valence-electron chi connectivity index (χ2n) is 8.62. The minimum Gasteiger partial charge on any atom is -0.452 e. The van der Waals surface area contributed by atoms with Crippen molar-refractivity contribution in [2.75, 3.05) is 11.5 Å². The number of carbonyl (C=O) groups excluding carboxylic acids is 5. The van der Waals surface area contributed by atoms with Crippen LogP contribution in [0.1, 0.15) is 27.1 Å². The Morgan fingerprint density at radius 3 is 2.17 bits per heavy atom. The number of allylic oxidation sites excluding steroid dienone is 2. The molecule has 1 saturated heterocycles. The van der Waals surface area contributed by atoms with Crippen LogP contribution >= 0.6 is 11.6 Å². The number of carbonyl (C=O) groups is 5. The van der Waals surface area contributed by atoms with Crippen molar-refractivity contribution in [1.29, 1.82) is 0 Å². The van der Waals surface area contributed by atoms with Gasteiger partial charge in [0, 0.05) is 0 Å². The molecule has 2 fully saturated rings. The van der Waals surface area contributed by atoms with Crippen molar-refractivity contribution in [2.45, 2.75) is 6.42 Å². The highest BCUT2D eigenvalue weighted by molar-refractivity contribution is 6.33. The van der Waals surface area contributed by atoms with Crippen molar-refractivity contribution < 1.29 is 28.7 Å². The molecule has 4 atom stereocenters. The van der Waals surface area contributed by atoms with Crippen LogP contribution < -0.4 is 15.8 Å². The molecular formula is C25H20ClN3O6. The van der Waals surface area contributed by atoms with E-state index in [-0.39, 0.29) is 51.6 Å². The molecule has 9 nitrogen and oxygen atoms in total. The second kappa shape index (κ2) is 8.99. The Hall–Kier alpha value is -3.98. The fraction of sp³-hybridized carbons (Fsp3) is 0.240. The fourth-order valence-electron chi connectivity index (χ4n) is 4.99. The van der Waals surface area contributed by atoms with E-state index in [1.165, 1.54) is 41.3 Å². The molecule has 35 heavy (non-hydrogen) atoms. The van der Waals surface area contributed by atoms with Gasteiger partial charge in [0.25, 0.3) is 11.8 Å². The highest BCUT2D eigenvalue weighted by Crippen LogP contribution is 2.53. The number of hydrogen-bond acceptors (Lipinski definition) is 6. The van der Waals surface area contributed by atoms with Crippen LogP contribution in [0, 0.1) is 23.7 Å².